The Morgan fingerprint density at radius 3 is 2.62 bits per heavy atom. The summed E-state index contributed by atoms with van der Waals surface area (Å²) in [7, 11) is 0. The molecule has 0 aliphatic rings. The maximum Gasteiger partial charge on any atom is 0.335 e. The molecule has 0 fully saturated rings. The fourth-order valence-electron chi connectivity index (χ4n) is 2.35. The highest BCUT2D eigenvalue weighted by Gasteiger charge is 2.05. The fraction of sp³-hybridized carbons (Fsp3) is 0.375. The Balaban J connectivity index is 1.86. The number of nitrogens with one attached hydrogen (secondary N) is 1. The van der Waals surface area contributed by atoms with Crippen molar-refractivity contribution in [2.45, 2.75) is 33.7 Å². The fourth-order valence-corrected chi connectivity index (χ4v) is 2.35. The van der Waals surface area contributed by atoms with Gasteiger partial charge in [-0.2, -0.15) is 5.10 Å². The number of rotatable bonds is 6. The van der Waals surface area contributed by atoms with E-state index in [0.29, 0.717) is 5.56 Å². The number of carboxylic acids is 1. The van der Waals surface area contributed by atoms with Gasteiger partial charge in [-0.15, -0.1) is 0 Å². The second kappa shape index (κ2) is 6.43. The maximum absolute atomic E-state index is 10.9. The number of benzene rings is 1. The van der Waals surface area contributed by atoms with Gasteiger partial charge in [0.05, 0.1) is 11.3 Å². The predicted octanol–water partition coefficient (Wildman–Crippen LogP) is 3.01. The van der Waals surface area contributed by atoms with Crippen LogP contribution >= 0.6 is 0 Å². The highest BCUT2D eigenvalue weighted by Crippen LogP contribution is 2.16. The molecule has 2 rings (SSSR count). The molecule has 0 bridgehead atoms. The van der Waals surface area contributed by atoms with Crippen LogP contribution in [0.15, 0.2) is 24.3 Å². The first-order valence-corrected chi connectivity index (χ1v) is 7.06. The predicted molar refractivity (Wildman–Crippen MR) is 82.9 cm³/mol. The zero-order valence-electron chi connectivity index (χ0n) is 12.7. The highest BCUT2D eigenvalue weighted by molar-refractivity contribution is 5.88. The second-order valence-corrected chi connectivity index (χ2v) is 5.27. The Labute approximate surface area is 124 Å². The van der Waals surface area contributed by atoms with E-state index in [4.69, 9.17) is 5.11 Å². The van der Waals surface area contributed by atoms with Crippen LogP contribution in [0.25, 0.3) is 0 Å². The van der Waals surface area contributed by atoms with Gasteiger partial charge < -0.3 is 10.4 Å². The molecule has 0 unspecified atom stereocenters. The topological polar surface area (TPSA) is 67.2 Å². The first-order chi connectivity index (χ1) is 9.97. The van der Waals surface area contributed by atoms with Gasteiger partial charge in [0.1, 0.15) is 0 Å². The van der Waals surface area contributed by atoms with Crippen molar-refractivity contribution in [3.8, 4) is 0 Å². The van der Waals surface area contributed by atoms with E-state index in [1.165, 1.54) is 5.69 Å². The smallest absolute Gasteiger partial charge is 0.335 e. The number of anilines is 1. The number of aryl methyl sites for hydroxylation is 4. The molecular formula is C16H21N3O2. The van der Waals surface area contributed by atoms with E-state index in [1.807, 2.05) is 24.6 Å². The van der Waals surface area contributed by atoms with Gasteiger partial charge in [-0.1, -0.05) is 0 Å². The van der Waals surface area contributed by atoms with Crippen molar-refractivity contribution in [2.24, 2.45) is 0 Å². The average Bonchev–Trinajstić information content (AvgIpc) is 2.74. The molecule has 21 heavy (non-hydrogen) atoms. The van der Waals surface area contributed by atoms with Crippen LogP contribution in [0.5, 0.6) is 0 Å². The van der Waals surface area contributed by atoms with Crippen LogP contribution in [0.4, 0.5) is 5.69 Å². The molecule has 0 aliphatic heterocycles. The summed E-state index contributed by atoms with van der Waals surface area (Å²) in [6.07, 6.45) is 0.960. The Kier molecular flexibility index (Phi) is 4.62. The molecule has 2 aromatic rings. The Morgan fingerprint density at radius 2 is 2.05 bits per heavy atom. The highest BCUT2D eigenvalue weighted by atomic mass is 16.4. The van der Waals surface area contributed by atoms with E-state index in [9.17, 15) is 4.79 Å². The van der Waals surface area contributed by atoms with Crippen molar-refractivity contribution in [2.75, 3.05) is 11.9 Å². The van der Waals surface area contributed by atoms with Crippen molar-refractivity contribution >= 4 is 11.7 Å². The van der Waals surface area contributed by atoms with Crippen molar-refractivity contribution in [1.82, 2.24) is 9.78 Å². The number of aromatic nitrogens is 2. The van der Waals surface area contributed by atoms with Crippen LogP contribution in [-0.2, 0) is 6.54 Å². The van der Waals surface area contributed by atoms with E-state index in [0.717, 1.165) is 36.5 Å². The minimum atomic E-state index is -0.894. The lowest BCUT2D eigenvalue weighted by Crippen LogP contribution is -2.10. The van der Waals surface area contributed by atoms with E-state index < -0.39 is 5.97 Å². The molecular weight excluding hydrogens is 266 g/mol. The maximum atomic E-state index is 10.9. The van der Waals surface area contributed by atoms with Crippen LogP contribution < -0.4 is 5.32 Å². The SMILES string of the molecule is Cc1cc(C)n(CCCNc2ccc(C(=O)O)cc2C)n1. The molecule has 5 heteroatoms. The number of aromatic carboxylic acids is 1. The average molecular weight is 287 g/mol. The summed E-state index contributed by atoms with van der Waals surface area (Å²) < 4.78 is 2.01. The lowest BCUT2D eigenvalue weighted by atomic mass is 10.1. The summed E-state index contributed by atoms with van der Waals surface area (Å²) in [5, 5.41) is 16.7. The van der Waals surface area contributed by atoms with Crippen molar-refractivity contribution in [3.05, 3.63) is 46.8 Å². The first-order valence-electron chi connectivity index (χ1n) is 7.06. The van der Waals surface area contributed by atoms with E-state index in [1.54, 1.807) is 12.1 Å². The molecule has 0 atom stereocenters. The summed E-state index contributed by atoms with van der Waals surface area (Å²) in [6, 6.07) is 7.20. The first kappa shape index (κ1) is 15.1. The quantitative estimate of drug-likeness (QED) is 0.801. The molecule has 1 heterocycles. The van der Waals surface area contributed by atoms with Gasteiger partial charge in [0.2, 0.25) is 0 Å². The third-order valence-corrected chi connectivity index (χ3v) is 3.44. The zero-order valence-corrected chi connectivity index (χ0v) is 12.7. The van der Waals surface area contributed by atoms with Gasteiger partial charge >= 0.3 is 5.97 Å². The van der Waals surface area contributed by atoms with Crippen molar-refractivity contribution in [1.29, 1.82) is 0 Å². The minimum absolute atomic E-state index is 0.320. The molecule has 1 aromatic heterocycles. The van der Waals surface area contributed by atoms with E-state index in [-0.39, 0.29) is 0 Å². The number of carboxylic acid groups (broad SMARTS) is 1. The van der Waals surface area contributed by atoms with Gasteiger partial charge in [0, 0.05) is 24.5 Å². The van der Waals surface area contributed by atoms with Gasteiger partial charge in [-0.05, 0) is 57.0 Å². The van der Waals surface area contributed by atoms with Gasteiger partial charge in [-0.25, -0.2) is 4.79 Å². The molecule has 0 aliphatic carbocycles. The summed E-state index contributed by atoms with van der Waals surface area (Å²) in [5.41, 5.74) is 4.46. The molecule has 112 valence electrons. The minimum Gasteiger partial charge on any atom is -0.478 e. The summed E-state index contributed by atoms with van der Waals surface area (Å²) >= 11 is 0. The van der Waals surface area contributed by atoms with Crippen LogP contribution in [0, 0.1) is 20.8 Å². The van der Waals surface area contributed by atoms with Gasteiger partial charge in [-0.3, -0.25) is 4.68 Å². The Morgan fingerprint density at radius 1 is 1.29 bits per heavy atom. The normalized spacial score (nSPS) is 10.6. The number of carbonyl (C=O) groups is 1. The largest absolute Gasteiger partial charge is 0.478 e. The number of hydrogen-bond donors (Lipinski definition) is 2. The van der Waals surface area contributed by atoms with E-state index in [2.05, 4.69) is 23.4 Å². The third-order valence-electron chi connectivity index (χ3n) is 3.44. The van der Waals surface area contributed by atoms with Gasteiger partial charge in [0.15, 0.2) is 0 Å². The van der Waals surface area contributed by atoms with Gasteiger partial charge in [0.25, 0.3) is 0 Å². The third kappa shape index (κ3) is 3.84. The second-order valence-electron chi connectivity index (χ2n) is 5.27. The molecule has 0 spiro atoms. The van der Waals surface area contributed by atoms with Crippen molar-refractivity contribution < 1.29 is 9.90 Å². The monoisotopic (exact) mass is 287 g/mol. The summed E-state index contributed by atoms with van der Waals surface area (Å²) in [6.45, 7) is 7.66. The van der Waals surface area contributed by atoms with Crippen LogP contribution in [0.2, 0.25) is 0 Å². The molecule has 0 saturated heterocycles. The summed E-state index contributed by atoms with van der Waals surface area (Å²) in [4.78, 5) is 10.9. The van der Waals surface area contributed by atoms with Crippen LogP contribution in [-0.4, -0.2) is 27.4 Å². The molecule has 1 aromatic carbocycles. The molecule has 0 saturated carbocycles. The number of hydrogen-bond acceptors (Lipinski definition) is 3. The van der Waals surface area contributed by atoms with Crippen LogP contribution in [0.3, 0.4) is 0 Å². The van der Waals surface area contributed by atoms with Crippen LogP contribution in [0.1, 0.15) is 33.7 Å². The molecule has 0 amide bonds. The standard InChI is InChI=1S/C16H21N3O2/c1-11-9-14(16(20)21)5-6-15(11)17-7-4-8-19-13(3)10-12(2)18-19/h5-6,9-10,17H,4,7-8H2,1-3H3,(H,20,21). The molecule has 5 nitrogen and oxygen atoms in total. The molecule has 0 radical (unpaired) electrons. The lowest BCUT2D eigenvalue weighted by Gasteiger charge is -2.10. The lowest BCUT2D eigenvalue weighted by molar-refractivity contribution is 0.0697. The zero-order chi connectivity index (χ0) is 15.4. The Hall–Kier alpha value is -2.30. The van der Waals surface area contributed by atoms with Crippen molar-refractivity contribution in [3.63, 3.8) is 0 Å². The summed E-state index contributed by atoms with van der Waals surface area (Å²) in [5.74, 6) is -0.894. The van der Waals surface area contributed by atoms with E-state index >= 15 is 0 Å². The Bertz CT molecular complexity index is 647. The number of nitrogens with zero attached hydrogens (tertiary/aromatic N) is 2. The molecule has 2 N–H and O–H groups in total.